The summed E-state index contributed by atoms with van der Waals surface area (Å²) in [4.78, 5) is 0.0780. The van der Waals surface area contributed by atoms with Crippen LogP contribution >= 0.6 is 0 Å². The van der Waals surface area contributed by atoms with E-state index in [9.17, 15) is 16.8 Å². The van der Waals surface area contributed by atoms with Gasteiger partial charge >= 0.3 is 0 Å². The Morgan fingerprint density at radius 2 is 1.28 bits per heavy atom. The van der Waals surface area contributed by atoms with Crippen LogP contribution in [0.15, 0.2) is 82.6 Å². The number of hydrogen-bond acceptors (Lipinski definition) is 6. The van der Waals surface area contributed by atoms with Crippen LogP contribution < -0.4 is 14.2 Å². The topological polar surface area (TPSA) is 111 Å². The molecular weight excluding hydrogens is 452 g/mol. The number of ether oxygens (including phenoxy) is 2. The zero-order chi connectivity index (χ0) is 23.2. The van der Waals surface area contributed by atoms with Crippen LogP contribution in [-0.2, 0) is 24.8 Å². The summed E-state index contributed by atoms with van der Waals surface area (Å²) in [6, 6.07) is 18.5. The van der Waals surface area contributed by atoms with Crippen molar-refractivity contribution >= 4 is 31.4 Å². The van der Waals surface area contributed by atoms with Crippen molar-refractivity contribution < 1.29 is 26.3 Å². The van der Waals surface area contributed by atoms with Gasteiger partial charge in [0.1, 0.15) is 12.4 Å². The van der Waals surface area contributed by atoms with Gasteiger partial charge in [-0.15, -0.1) is 0 Å². The van der Waals surface area contributed by atoms with Gasteiger partial charge in [-0.3, -0.25) is 9.44 Å². The van der Waals surface area contributed by atoms with Crippen molar-refractivity contribution in [1.29, 1.82) is 0 Å². The summed E-state index contributed by atoms with van der Waals surface area (Å²) in [6.45, 7) is 2.53. The van der Waals surface area contributed by atoms with Crippen molar-refractivity contribution in [2.75, 3.05) is 29.8 Å². The number of para-hydroxylation sites is 1. The van der Waals surface area contributed by atoms with Gasteiger partial charge in [-0.25, -0.2) is 16.8 Å². The van der Waals surface area contributed by atoms with Crippen LogP contribution in [-0.4, -0.2) is 37.2 Å². The normalized spacial score (nSPS) is 11.7. The van der Waals surface area contributed by atoms with Crippen LogP contribution in [0.1, 0.15) is 5.56 Å². The number of sulfonamides is 2. The van der Waals surface area contributed by atoms with Crippen molar-refractivity contribution in [1.82, 2.24) is 0 Å². The molecule has 0 aliphatic heterocycles. The molecule has 0 aromatic heterocycles. The molecule has 0 spiro atoms. The van der Waals surface area contributed by atoms with Crippen molar-refractivity contribution in [2.45, 2.75) is 16.7 Å². The van der Waals surface area contributed by atoms with Gasteiger partial charge in [-0.1, -0.05) is 18.2 Å². The zero-order valence-electron chi connectivity index (χ0n) is 17.6. The number of hydrogen-bond donors (Lipinski definition) is 2. The van der Waals surface area contributed by atoms with E-state index in [0.717, 1.165) is 0 Å². The van der Waals surface area contributed by atoms with Crippen LogP contribution in [0.2, 0.25) is 0 Å². The highest BCUT2D eigenvalue weighted by Gasteiger charge is 2.18. The predicted octanol–water partition coefficient (Wildman–Crippen LogP) is 3.62. The fourth-order valence-electron chi connectivity index (χ4n) is 2.82. The maximum Gasteiger partial charge on any atom is 0.261 e. The molecule has 32 heavy (non-hydrogen) atoms. The first kappa shape index (κ1) is 23.6. The molecule has 0 radical (unpaired) electrons. The summed E-state index contributed by atoms with van der Waals surface area (Å²) in [5.41, 5.74) is 1.33. The number of nitrogens with one attached hydrogen (secondary N) is 2. The largest absolute Gasteiger partial charge is 0.491 e. The van der Waals surface area contributed by atoms with E-state index in [2.05, 4.69) is 9.44 Å². The van der Waals surface area contributed by atoms with E-state index >= 15 is 0 Å². The van der Waals surface area contributed by atoms with Crippen molar-refractivity contribution in [2.24, 2.45) is 0 Å². The van der Waals surface area contributed by atoms with Gasteiger partial charge < -0.3 is 9.47 Å². The Balaban J connectivity index is 1.72. The van der Waals surface area contributed by atoms with Crippen molar-refractivity contribution in [3.63, 3.8) is 0 Å². The van der Waals surface area contributed by atoms with Crippen molar-refractivity contribution in [3.05, 3.63) is 78.4 Å². The second-order valence-corrected chi connectivity index (χ2v) is 10.2. The van der Waals surface area contributed by atoms with Crippen LogP contribution in [0, 0.1) is 6.92 Å². The molecule has 0 aliphatic carbocycles. The van der Waals surface area contributed by atoms with Gasteiger partial charge in [0.15, 0.2) is 0 Å². The predicted molar refractivity (Wildman–Crippen MR) is 123 cm³/mol. The van der Waals surface area contributed by atoms with E-state index < -0.39 is 20.0 Å². The lowest BCUT2D eigenvalue weighted by Crippen LogP contribution is -2.15. The molecule has 0 heterocycles. The molecule has 3 aromatic rings. The van der Waals surface area contributed by atoms with E-state index in [0.29, 0.717) is 30.2 Å². The number of benzene rings is 3. The van der Waals surface area contributed by atoms with Crippen molar-refractivity contribution in [3.8, 4) is 5.75 Å². The number of anilines is 2. The second kappa shape index (κ2) is 10.0. The standard InChI is InChI=1S/C22H24N2O6S2/c1-17-16-21(12-13-22(17)30-15-14-29-2)32(27,28)24-19-8-10-20(11-9-19)31(25,26)23-18-6-4-3-5-7-18/h3-13,16,23-24H,14-15H2,1-2H3. The summed E-state index contributed by atoms with van der Waals surface area (Å²) < 4.78 is 65.9. The molecule has 10 heteroatoms. The lowest BCUT2D eigenvalue weighted by molar-refractivity contribution is 0.146. The van der Waals surface area contributed by atoms with Gasteiger partial charge in [0.05, 0.1) is 16.4 Å². The first-order valence-electron chi connectivity index (χ1n) is 9.64. The third kappa shape index (κ3) is 6.00. The molecule has 170 valence electrons. The highest BCUT2D eigenvalue weighted by atomic mass is 32.2. The third-order valence-corrected chi connectivity index (χ3v) is 7.22. The van der Waals surface area contributed by atoms with E-state index in [4.69, 9.17) is 9.47 Å². The Morgan fingerprint density at radius 3 is 1.88 bits per heavy atom. The smallest absolute Gasteiger partial charge is 0.261 e. The van der Waals surface area contributed by atoms with Crippen LogP contribution in [0.4, 0.5) is 11.4 Å². The Bertz CT molecular complexity index is 1260. The fourth-order valence-corrected chi connectivity index (χ4v) is 5.02. The maximum atomic E-state index is 12.7. The Hall–Kier alpha value is -3.08. The minimum atomic E-state index is -3.87. The minimum absolute atomic E-state index is 0.0118. The molecular formula is C22H24N2O6S2. The molecule has 0 bridgehead atoms. The van der Waals surface area contributed by atoms with Gasteiger partial charge in [-0.2, -0.15) is 0 Å². The Kier molecular flexibility index (Phi) is 7.39. The summed E-state index contributed by atoms with van der Waals surface area (Å²) in [6.07, 6.45) is 0. The zero-order valence-corrected chi connectivity index (χ0v) is 19.2. The number of rotatable bonds is 10. The van der Waals surface area contributed by atoms with Gasteiger partial charge in [0.2, 0.25) is 0 Å². The molecule has 0 fully saturated rings. The van der Waals surface area contributed by atoms with E-state index in [1.165, 1.54) is 36.4 Å². The van der Waals surface area contributed by atoms with Gasteiger partial charge in [0.25, 0.3) is 20.0 Å². The van der Waals surface area contributed by atoms with Crippen LogP contribution in [0.5, 0.6) is 5.75 Å². The molecule has 0 atom stereocenters. The summed E-state index contributed by atoms with van der Waals surface area (Å²) in [5, 5.41) is 0. The van der Waals surface area contributed by atoms with Gasteiger partial charge in [0, 0.05) is 18.5 Å². The average molecular weight is 477 g/mol. The SMILES string of the molecule is COCCOc1ccc(S(=O)(=O)Nc2ccc(S(=O)(=O)Nc3ccccc3)cc2)cc1C. The lowest BCUT2D eigenvalue weighted by Gasteiger charge is -2.13. The molecule has 0 unspecified atom stereocenters. The van der Waals surface area contributed by atoms with E-state index in [1.54, 1.807) is 50.4 Å². The highest BCUT2D eigenvalue weighted by molar-refractivity contribution is 7.93. The monoisotopic (exact) mass is 476 g/mol. The summed E-state index contributed by atoms with van der Waals surface area (Å²) in [7, 11) is -6.10. The molecule has 3 aromatic carbocycles. The van der Waals surface area contributed by atoms with Crippen LogP contribution in [0.25, 0.3) is 0 Å². The second-order valence-electron chi connectivity index (χ2n) is 6.87. The first-order chi connectivity index (χ1) is 15.2. The molecule has 2 N–H and O–H groups in total. The highest BCUT2D eigenvalue weighted by Crippen LogP contribution is 2.24. The Morgan fingerprint density at radius 1 is 0.719 bits per heavy atom. The Labute approximate surface area is 188 Å². The van der Waals surface area contributed by atoms with Crippen LogP contribution in [0.3, 0.4) is 0 Å². The lowest BCUT2D eigenvalue weighted by atomic mass is 10.2. The molecule has 0 aliphatic rings. The third-order valence-electron chi connectivity index (χ3n) is 4.44. The molecule has 3 rings (SSSR count). The molecule has 0 amide bonds. The molecule has 0 saturated carbocycles. The summed E-state index contributed by atoms with van der Waals surface area (Å²) in [5.74, 6) is 0.571. The number of aryl methyl sites for hydroxylation is 1. The van der Waals surface area contributed by atoms with E-state index in [-0.39, 0.29) is 15.5 Å². The quantitative estimate of drug-likeness (QED) is 0.433. The number of methoxy groups -OCH3 is 1. The van der Waals surface area contributed by atoms with E-state index in [1.807, 2.05) is 0 Å². The minimum Gasteiger partial charge on any atom is -0.491 e. The maximum absolute atomic E-state index is 12.7. The summed E-state index contributed by atoms with van der Waals surface area (Å²) >= 11 is 0. The first-order valence-corrected chi connectivity index (χ1v) is 12.6. The van der Waals surface area contributed by atoms with Gasteiger partial charge in [-0.05, 0) is 67.1 Å². The fraction of sp³-hybridized carbons (Fsp3) is 0.182. The average Bonchev–Trinajstić information content (AvgIpc) is 2.75. The molecule has 8 nitrogen and oxygen atoms in total. The molecule has 0 saturated heterocycles.